The van der Waals surface area contributed by atoms with Crippen molar-refractivity contribution in [3.63, 3.8) is 0 Å². The molecule has 0 spiro atoms. The van der Waals surface area contributed by atoms with Crippen LogP contribution in [-0.2, 0) is 7.05 Å². The molecule has 102 valence electrons. The Hall–Kier alpha value is -1.53. The predicted molar refractivity (Wildman–Crippen MR) is 75.5 cm³/mol. The summed E-state index contributed by atoms with van der Waals surface area (Å²) in [5.41, 5.74) is 7.05. The molecule has 1 atom stereocenters. The van der Waals surface area contributed by atoms with Gasteiger partial charge in [0.2, 0.25) is 0 Å². The van der Waals surface area contributed by atoms with Crippen LogP contribution in [0.2, 0.25) is 0 Å². The lowest BCUT2D eigenvalue weighted by molar-refractivity contribution is 0.405. The van der Waals surface area contributed by atoms with Gasteiger partial charge in [-0.05, 0) is 37.7 Å². The lowest BCUT2D eigenvalue weighted by Gasteiger charge is -2.15. The van der Waals surface area contributed by atoms with E-state index in [1.807, 2.05) is 43.7 Å². The zero-order valence-corrected chi connectivity index (χ0v) is 12.4. The van der Waals surface area contributed by atoms with E-state index in [9.17, 15) is 0 Å². The summed E-state index contributed by atoms with van der Waals surface area (Å²) in [6.07, 6.45) is 0. The third-order valence-corrected chi connectivity index (χ3v) is 4.07. The molecule has 2 N–H and O–H groups in total. The van der Waals surface area contributed by atoms with Crippen molar-refractivity contribution >= 4 is 11.8 Å². The Bertz CT molecular complexity index is 580. The Balaban J connectivity index is 2.42. The molecule has 0 saturated carbocycles. The van der Waals surface area contributed by atoms with Gasteiger partial charge in [0.1, 0.15) is 11.6 Å². The number of hydrogen-bond donors (Lipinski definition) is 1. The van der Waals surface area contributed by atoms with Gasteiger partial charge in [0, 0.05) is 23.5 Å². The van der Waals surface area contributed by atoms with Crippen LogP contribution in [0.3, 0.4) is 0 Å². The molecule has 1 unspecified atom stereocenters. The highest BCUT2D eigenvalue weighted by Crippen LogP contribution is 2.36. The van der Waals surface area contributed by atoms with Crippen molar-refractivity contribution in [1.82, 2.24) is 14.8 Å². The Morgan fingerprint density at radius 1 is 1.37 bits per heavy atom. The quantitative estimate of drug-likeness (QED) is 0.929. The molecule has 0 aliphatic rings. The van der Waals surface area contributed by atoms with Gasteiger partial charge in [0.25, 0.3) is 0 Å². The van der Waals surface area contributed by atoms with Crippen molar-refractivity contribution in [2.24, 2.45) is 12.8 Å². The number of nitrogens with zero attached hydrogens (tertiary/aromatic N) is 3. The van der Waals surface area contributed by atoms with E-state index in [1.165, 1.54) is 0 Å². The highest BCUT2D eigenvalue weighted by Gasteiger charge is 2.16. The zero-order chi connectivity index (χ0) is 14.0. The van der Waals surface area contributed by atoms with Crippen LogP contribution in [0.4, 0.5) is 0 Å². The lowest BCUT2D eigenvalue weighted by atomic mass is 10.1. The molecule has 2 aromatic rings. The minimum Gasteiger partial charge on any atom is -0.496 e. The number of aryl methyl sites for hydroxylation is 1. The van der Waals surface area contributed by atoms with Crippen LogP contribution < -0.4 is 10.5 Å². The number of methoxy groups -OCH3 is 1. The largest absolute Gasteiger partial charge is 0.496 e. The molecule has 5 nitrogen and oxygen atoms in total. The first kappa shape index (κ1) is 13.9. The summed E-state index contributed by atoms with van der Waals surface area (Å²) in [6, 6.07) is 5.80. The highest BCUT2D eigenvalue weighted by molar-refractivity contribution is 7.99. The molecule has 2 rings (SSSR count). The Kier molecular flexibility index (Phi) is 4.11. The molecule has 0 radical (unpaired) electrons. The normalized spacial score (nSPS) is 12.5. The first-order chi connectivity index (χ1) is 9.04. The van der Waals surface area contributed by atoms with E-state index in [-0.39, 0.29) is 6.04 Å². The van der Waals surface area contributed by atoms with Crippen LogP contribution >= 0.6 is 11.8 Å². The Morgan fingerprint density at radius 3 is 2.63 bits per heavy atom. The summed E-state index contributed by atoms with van der Waals surface area (Å²) in [5.74, 6) is 1.69. The van der Waals surface area contributed by atoms with E-state index in [0.717, 1.165) is 27.2 Å². The van der Waals surface area contributed by atoms with Crippen LogP contribution in [0.25, 0.3) is 0 Å². The van der Waals surface area contributed by atoms with E-state index in [1.54, 1.807) is 18.9 Å². The second-order valence-corrected chi connectivity index (χ2v) is 5.36. The van der Waals surface area contributed by atoms with E-state index >= 15 is 0 Å². The molecule has 1 heterocycles. The minimum absolute atomic E-state index is 0.104. The monoisotopic (exact) mass is 278 g/mol. The Morgan fingerprint density at radius 2 is 2.11 bits per heavy atom. The smallest absolute Gasteiger partial charge is 0.195 e. The van der Waals surface area contributed by atoms with Crippen LogP contribution in [0.1, 0.15) is 24.4 Å². The van der Waals surface area contributed by atoms with Gasteiger partial charge in [0.15, 0.2) is 5.16 Å². The summed E-state index contributed by atoms with van der Waals surface area (Å²) in [5, 5.41) is 9.06. The average molecular weight is 278 g/mol. The first-order valence-electron chi connectivity index (χ1n) is 6.01. The molecular formula is C13H18N4OS. The molecular weight excluding hydrogens is 260 g/mol. The van der Waals surface area contributed by atoms with Gasteiger partial charge in [-0.1, -0.05) is 6.07 Å². The molecule has 0 saturated heterocycles. The fourth-order valence-corrected chi connectivity index (χ4v) is 2.91. The van der Waals surface area contributed by atoms with Crippen LogP contribution in [0.5, 0.6) is 5.75 Å². The van der Waals surface area contributed by atoms with Crippen LogP contribution in [0.15, 0.2) is 28.3 Å². The molecule has 0 amide bonds. The van der Waals surface area contributed by atoms with Crippen molar-refractivity contribution in [2.75, 3.05) is 7.11 Å². The van der Waals surface area contributed by atoms with Crippen molar-refractivity contribution in [1.29, 1.82) is 0 Å². The number of benzene rings is 1. The maximum atomic E-state index is 6.05. The van der Waals surface area contributed by atoms with Gasteiger partial charge in [-0.15, -0.1) is 10.2 Å². The van der Waals surface area contributed by atoms with Gasteiger partial charge in [-0.25, -0.2) is 0 Å². The Labute approximate surface area is 117 Å². The molecule has 19 heavy (non-hydrogen) atoms. The number of rotatable bonds is 4. The summed E-state index contributed by atoms with van der Waals surface area (Å²) >= 11 is 1.55. The van der Waals surface area contributed by atoms with Gasteiger partial charge in [-0.3, -0.25) is 0 Å². The van der Waals surface area contributed by atoms with Crippen molar-refractivity contribution in [2.45, 2.75) is 29.9 Å². The zero-order valence-electron chi connectivity index (χ0n) is 11.5. The minimum atomic E-state index is -0.104. The number of aromatic nitrogens is 3. The van der Waals surface area contributed by atoms with E-state index in [4.69, 9.17) is 10.5 Å². The molecule has 0 fully saturated rings. The predicted octanol–water partition coefficient (Wildman–Crippen LogP) is 2.30. The van der Waals surface area contributed by atoms with Gasteiger partial charge >= 0.3 is 0 Å². The lowest BCUT2D eigenvalue weighted by Crippen LogP contribution is -2.08. The molecule has 1 aromatic heterocycles. The van der Waals surface area contributed by atoms with E-state index in [0.29, 0.717) is 0 Å². The summed E-state index contributed by atoms with van der Waals surface area (Å²) < 4.78 is 7.34. The molecule has 0 aliphatic carbocycles. The highest BCUT2D eigenvalue weighted by atomic mass is 32.2. The number of nitrogens with two attached hydrogens (primary N) is 1. The second kappa shape index (κ2) is 5.63. The fourth-order valence-electron chi connectivity index (χ4n) is 1.81. The summed E-state index contributed by atoms with van der Waals surface area (Å²) in [6.45, 7) is 3.87. The average Bonchev–Trinajstić information content (AvgIpc) is 2.70. The summed E-state index contributed by atoms with van der Waals surface area (Å²) in [7, 11) is 3.60. The van der Waals surface area contributed by atoms with Gasteiger partial charge in [-0.2, -0.15) is 0 Å². The first-order valence-corrected chi connectivity index (χ1v) is 6.82. The van der Waals surface area contributed by atoms with Crippen molar-refractivity contribution in [3.05, 3.63) is 29.6 Å². The maximum absolute atomic E-state index is 6.05. The van der Waals surface area contributed by atoms with Gasteiger partial charge < -0.3 is 15.0 Å². The fraction of sp³-hybridized carbons (Fsp3) is 0.385. The molecule has 0 bridgehead atoms. The summed E-state index contributed by atoms with van der Waals surface area (Å²) in [4.78, 5) is 1.05. The van der Waals surface area contributed by atoms with E-state index in [2.05, 4.69) is 10.2 Å². The van der Waals surface area contributed by atoms with Crippen molar-refractivity contribution < 1.29 is 4.74 Å². The number of ether oxygens (including phenoxy) is 1. The topological polar surface area (TPSA) is 66.0 Å². The van der Waals surface area contributed by atoms with Crippen molar-refractivity contribution in [3.8, 4) is 5.75 Å². The molecule has 6 heteroatoms. The van der Waals surface area contributed by atoms with Gasteiger partial charge in [0.05, 0.1) is 7.11 Å². The molecule has 0 aliphatic heterocycles. The standard InChI is InChI=1S/C13H18N4OS/c1-8(14)12-10(18-4)6-5-7-11(12)19-13-16-15-9(2)17(13)3/h5-8H,14H2,1-4H3. The second-order valence-electron chi connectivity index (χ2n) is 4.35. The number of hydrogen-bond acceptors (Lipinski definition) is 5. The van der Waals surface area contributed by atoms with Crippen LogP contribution in [0, 0.1) is 6.92 Å². The maximum Gasteiger partial charge on any atom is 0.195 e. The van der Waals surface area contributed by atoms with E-state index < -0.39 is 0 Å². The SMILES string of the molecule is COc1cccc(Sc2nnc(C)n2C)c1C(C)N. The third-order valence-electron chi connectivity index (χ3n) is 2.96. The third kappa shape index (κ3) is 2.74. The van der Waals surface area contributed by atoms with Crippen LogP contribution in [-0.4, -0.2) is 21.9 Å². The molecule has 1 aromatic carbocycles.